The van der Waals surface area contributed by atoms with Crippen LogP contribution in [0.25, 0.3) is 0 Å². The highest BCUT2D eigenvalue weighted by atomic mass is 79.9. The Hall–Kier alpha value is -4.38. The first-order chi connectivity index (χ1) is 17.4. The Morgan fingerprint density at radius 2 is 1.50 bits per heavy atom. The summed E-state index contributed by atoms with van der Waals surface area (Å²) >= 11 is 3.34. The van der Waals surface area contributed by atoms with E-state index in [2.05, 4.69) is 31.8 Å². The first kappa shape index (κ1) is 26.2. The molecule has 0 fully saturated rings. The van der Waals surface area contributed by atoms with Crippen LogP contribution in [0.15, 0.2) is 70.2 Å². The molecular formula is C25H22BrN3O7. The Labute approximate surface area is 215 Å². The Morgan fingerprint density at radius 1 is 0.806 bits per heavy atom. The third-order valence-electron chi connectivity index (χ3n) is 4.72. The van der Waals surface area contributed by atoms with Gasteiger partial charge in [-0.25, -0.2) is 10.2 Å². The van der Waals surface area contributed by atoms with Gasteiger partial charge in [0.05, 0.1) is 38.8 Å². The summed E-state index contributed by atoms with van der Waals surface area (Å²) in [5.74, 6) is -1.17. The fourth-order valence-corrected chi connectivity index (χ4v) is 3.35. The number of nitrogens with zero attached hydrogens (tertiary/aromatic N) is 1. The van der Waals surface area contributed by atoms with Crippen LogP contribution in [0.4, 0.5) is 5.69 Å². The van der Waals surface area contributed by atoms with E-state index in [9.17, 15) is 14.4 Å². The van der Waals surface area contributed by atoms with Crippen LogP contribution in [0.5, 0.6) is 23.0 Å². The number of anilines is 1. The number of ether oxygens (including phenoxy) is 4. The van der Waals surface area contributed by atoms with E-state index in [0.29, 0.717) is 33.0 Å². The molecule has 0 aliphatic heterocycles. The largest absolute Gasteiger partial charge is 0.495 e. The van der Waals surface area contributed by atoms with Crippen molar-refractivity contribution in [2.75, 3.05) is 26.6 Å². The molecule has 36 heavy (non-hydrogen) atoms. The topological polar surface area (TPSA) is 125 Å². The molecule has 0 atom stereocenters. The molecule has 0 radical (unpaired) electrons. The number of rotatable bonds is 8. The fraction of sp³-hybridized carbons (Fsp3) is 0.120. The maximum absolute atomic E-state index is 12.7. The highest BCUT2D eigenvalue weighted by molar-refractivity contribution is 9.10. The number of para-hydroxylation sites is 2. The molecular weight excluding hydrogens is 534 g/mol. The van der Waals surface area contributed by atoms with E-state index >= 15 is 0 Å². The maximum Gasteiger partial charge on any atom is 0.343 e. The van der Waals surface area contributed by atoms with Gasteiger partial charge < -0.3 is 24.3 Å². The van der Waals surface area contributed by atoms with Crippen LogP contribution in [0.1, 0.15) is 15.9 Å². The number of carbonyl (C=O) groups excluding carboxylic acids is 3. The Morgan fingerprint density at radius 3 is 2.22 bits per heavy atom. The van der Waals surface area contributed by atoms with Crippen LogP contribution in [0, 0.1) is 0 Å². The lowest BCUT2D eigenvalue weighted by Gasteiger charge is -2.11. The normalized spacial score (nSPS) is 10.4. The zero-order valence-electron chi connectivity index (χ0n) is 19.5. The van der Waals surface area contributed by atoms with E-state index < -0.39 is 17.8 Å². The highest BCUT2D eigenvalue weighted by Crippen LogP contribution is 2.29. The molecule has 186 valence electrons. The third kappa shape index (κ3) is 6.60. The van der Waals surface area contributed by atoms with Crippen molar-refractivity contribution >= 4 is 45.6 Å². The molecule has 0 aliphatic carbocycles. The summed E-state index contributed by atoms with van der Waals surface area (Å²) in [6.45, 7) is 0. The molecule has 2 amide bonds. The zero-order valence-corrected chi connectivity index (χ0v) is 21.1. The molecule has 0 unspecified atom stereocenters. The number of benzene rings is 3. The SMILES string of the molecule is COc1ccccc1NC(=O)C(=O)N/N=C/c1cc(Br)ccc1OC(=O)c1ccc(OC)c(OC)c1. The van der Waals surface area contributed by atoms with Crippen LogP contribution >= 0.6 is 15.9 Å². The molecule has 2 N–H and O–H groups in total. The highest BCUT2D eigenvalue weighted by Gasteiger charge is 2.16. The number of carbonyl (C=O) groups is 3. The van der Waals surface area contributed by atoms with Crippen molar-refractivity contribution < 1.29 is 33.3 Å². The van der Waals surface area contributed by atoms with Gasteiger partial charge >= 0.3 is 17.8 Å². The maximum atomic E-state index is 12.7. The second kappa shape index (κ2) is 12.4. The van der Waals surface area contributed by atoms with Gasteiger partial charge in [0.25, 0.3) is 0 Å². The smallest absolute Gasteiger partial charge is 0.343 e. The molecule has 0 aliphatic rings. The molecule has 0 spiro atoms. The Kier molecular flexibility index (Phi) is 9.01. The lowest BCUT2D eigenvalue weighted by Crippen LogP contribution is -2.32. The number of esters is 1. The lowest BCUT2D eigenvalue weighted by atomic mass is 10.2. The van der Waals surface area contributed by atoms with Gasteiger partial charge in [-0.3, -0.25) is 9.59 Å². The molecule has 0 bridgehead atoms. The number of hydrogen-bond acceptors (Lipinski definition) is 8. The van der Waals surface area contributed by atoms with Crippen molar-refractivity contribution in [2.45, 2.75) is 0 Å². The predicted molar refractivity (Wildman–Crippen MR) is 136 cm³/mol. The van der Waals surface area contributed by atoms with Crippen molar-refractivity contribution in [1.29, 1.82) is 0 Å². The first-order valence-corrected chi connectivity index (χ1v) is 11.2. The molecule has 3 rings (SSSR count). The summed E-state index contributed by atoms with van der Waals surface area (Å²) in [5.41, 5.74) is 3.07. The van der Waals surface area contributed by atoms with E-state index in [1.165, 1.54) is 39.7 Å². The number of halogens is 1. The summed E-state index contributed by atoms with van der Waals surface area (Å²) in [5, 5.41) is 6.26. The molecule has 0 saturated carbocycles. The van der Waals surface area contributed by atoms with Gasteiger partial charge in [-0.15, -0.1) is 0 Å². The average molecular weight is 556 g/mol. The standard InChI is InChI=1S/C25H22BrN3O7/c1-33-20-7-5-4-6-18(20)28-23(30)24(31)29-27-14-16-12-17(26)9-11-19(16)36-25(32)15-8-10-21(34-2)22(13-15)35-3/h4-14H,1-3H3,(H,28,30)(H,29,31)/b27-14+. The summed E-state index contributed by atoms with van der Waals surface area (Å²) < 4.78 is 21.7. The number of methoxy groups -OCH3 is 3. The molecule has 0 saturated heterocycles. The molecule has 3 aromatic rings. The minimum Gasteiger partial charge on any atom is -0.495 e. The van der Waals surface area contributed by atoms with E-state index in [-0.39, 0.29) is 11.3 Å². The van der Waals surface area contributed by atoms with Crippen molar-refractivity contribution in [3.63, 3.8) is 0 Å². The van der Waals surface area contributed by atoms with Gasteiger partial charge in [0.2, 0.25) is 0 Å². The second-order valence-electron chi connectivity index (χ2n) is 6.99. The van der Waals surface area contributed by atoms with Gasteiger partial charge in [-0.05, 0) is 48.5 Å². The quantitative estimate of drug-likeness (QED) is 0.142. The fourth-order valence-electron chi connectivity index (χ4n) is 2.97. The molecule has 10 nitrogen and oxygen atoms in total. The number of hydrogen-bond donors (Lipinski definition) is 2. The van der Waals surface area contributed by atoms with E-state index in [1.54, 1.807) is 48.5 Å². The Balaban J connectivity index is 1.70. The number of amides is 2. The lowest BCUT2D eigenvalue weighted by molar-refractivity contribution is -0.136. The first-order valence-electron chi connectivity index (χ1n) is 10.4. The summed E-state index contributed by atoms with van der Waals surface area (Å²) in [4.78, 5) is 37.1. The molecule has 0 heterocycles. The van der Waals surface area contributed by atoms with E-state index in [4.69, 9.17) is 18.9 Å². The van der Waals surface area contributed by atoms with Crippen LogP contribution < -0.4 is 29.7 Å². The monoisotopic (exact) mass is 555 g/mol. The van der Waals surface area contributed by atoms with Crippen molar-refractivity contribution in [3.8, 4) is 23.0 Å². The van der Waals surface area contributed by atoms with Gasteiger partial charge in [-0.2, -0.15) is 5.10 Å². The van der Waals surface area contributed by atoms with Crippen LogP contribution in [0.2, 0.25) is 0 Å². The zero-order chi connectivity index (χ0) is 26.1. The van der Waals surface area contributed by atoms with Crippen molar-refractivity contribution in [1.82, 2.24) is 5.43 Å². The Bertz CT molecular complexity index is 1310. The predicted octanol–water partition coefficient (Wildman–Crippen LogP) is 3.78. The molecule has 3 aromatic carbocycles. The molecule has 0 aromatic heterocycles. The minimum absolute atomic E-state index is 0.175. The van der Waals surface area contributed by atoms with Gasteiger partial charge in [-0.1, -0.05) is 28.1 Å². The average Bonchev–Trinajstić information content (AvgIpc) is 2.89. The summed E-state index contributed by atoms with van der Waals surface area (Å²) in [7, 11) is 4.40. The number of hydrazone groups is 1. The summed E-state index contributed by atoms with van der Waals surface area (Å²) in [6, 6.07) is 16.1. The van der Waals surface area contributed by atoms with Crippen LogP contribution in [-0.2, 0) is 9.59 Å². The van der Waals surface area contributed by atoms with E-state index in [0.717, 1.165) is 0 Å². The van der Waals surface area contributed by atoms with Crippen molar-refractivity contribution in [3.05, 3.63) is 76.3 Å². The van der Waals surface area contributed by atoms with Crippen molar-refractivity contribution in [2.24, 2.45) is 5.10 Å². The summed E-state index contributed by atoms with van der Waals surface area (Å²) in [6.07, 6.45) is 1.25. The minimum atomic E-state index is -1.00. The van der Waals surface area contributed by atoms with Gasteiger partial charge in [0.15, 0.2) is 11.5 Å². The van der Waals surface area contributed by atoms with Crippen LogP contribution in [-0.4, -0.2) is 45.3 Å². The second-order valence-corrected chi connectivity index (χ2v) is 7.91. The van der Waals surface area contributed by atoms with E-state index in [1.807, 2.05) is 0 Å². The van der Waals surface area contributed by atoms with Gasteiger partial charge in [0.1, 0.15) is 11.5 Å². The van der Waals surface area contributed by atoms with Gasteiger partial charge in [0, 0.05) is 10.0 Å². The third-order valence-corrected chi connectivity index (χ3v) is 5.22. The van der Waals surface area contributed by atoms with Crippen LogP contribution in [0.3, 0.4) is 0 Å². The molecule has 11 heteroatoms. The number of nitrogens with one attached hydrogen (secondary N) is 2.